The van der Waals surface area contributed by atoms with E-state index in [2.05, 4.69) is 15.3 Å². The Labute approximate surface area is 131 Å². The summed E-state index contributed by atoms with van der Waals surface area (Å²) in [6, 6.07) is 0.493. The van der Waals surface area contributed by atoms with Gasteiger partial charge in [-0.25, -0.2) is 14.8 Å². The van der Waals surface area contributed by atoms with E-state index in [4.69, 9.17) is 4.74 Å². The van der Waals surface area contributed by atoms with Crippen molar-refractivity contribution < 1.29 is 9.53 Å². The Kier molecular flexibility index (Phi) is 4.32. The van der Waals surface area contributed by atoms with Gasteiger partial charge in [0.25, 0.3) is 0 Å². The maximum atomic E-state index is 12.0. The predicted molar refractivity (Wildman–Crippen MR) is 84.9 cm³/mol. The van der Waals surface area contributed by atoms with Crippen molar-refractivity contribution >= 4 is 11.9 Å². The van der Waals surface area contributed by atoms with Crippen molar-refractivity contribution in [1.29, 1.82) is 0 Å². The van der Waals surface area contributed by atoms with Crippen LogP contribution in [-0.4, -0.2) is 28.6 Å². The summed E-state index contributed by atoms with van der Waals surface area (Å²) in [4.78, 5) is 21.0. The number of nitrogens with zero attached hydrogens (tertiary/aromatic N) is 2. The molecular weight excluding hydrogens is 278 g/mol. The number of esters is 1. The number of aromatic nitrogens is 2. The lowest BCUT2D eigenvalue weighted by Gasteiger charge is -2.23. The van der Waals surface area contributed by atoms with E-state index in [0.29, 0.717) is 24.2 Å². The second-order valence-corrected chi connectivity index (χ2v) is 6.79. The smallest absolute Gasteiger partial charge is 0.341 e. The maximum absolute atomic E-state index is 12.0. The molecular formula is C17H25N3O2. The summed E-state index contributed by atoms with van der Waals surface area (Å²) in [6.45, 7) is 6.24. The van der Waals surface area contributed by atoms with Crippen LogP contribution in [-0.2, 0) is 4.74 Å². The van der Waals surface area contributed by atoms with Gasteiger partial charge in [0.1, 0.15) is 0 Å². The third kappa shape index (κ3) is 2.94. The zero-order valence-electron chi connectivity index (χ0n) is 13.6. The zero-order valence-corrected chi connectivity index (χ0v) is 13.6. The lowest BCUT2D eigenvalue weighted by molar-refractivity contribution is 0.0523. The van der Waals surface area contributed by atoms with Gasteiger partial charge in [0.15, 0.2) is 0 Å². The van der Waals surface area contributed by atoms with Crippen molar-refractivity contribution in [3.8, 4) is 0 Å². The largest absolute Gasteiger partial charge is 0.462 e. The molecule has 1 heterocycles. The fourth-order valence-corrected chi connectivity index (χ4v) is 3.86. The highest BCUT2D eigenvalue weighted by molar-refractivity contribution is 5.90. The summed E-state index contributed by atoms with van der Waals surface area (Å²) in [6.07, 6.45) is 6.87. The summed E-state index contributed by atoms with van der Waals surface area (Å²) >= 11 is 0. The van der Waals surface area contributed by atoms with Crippen LogP contribution in [0.2, 0.25) is 0 Å². The molecule has 5 heteroatoms. The van der Waals surface area contributed by atoms with Crippen molar-refractivity contribution in [2.75, 3.05) is 11.9 Å². The van der Waals surface area contributed by atoms with Crippen LogP contribution in [0.15, 0.2) is 6.20 Å². The van der Waals surface area contributed by atoms with Gasteiger partial charge < -0.3 is 10.1 Å². The van der Waals surface area contributed by atoms with Crippen molar-refractivity contribution in [3.05, 3.63) is 17.5 Å². The van der Waals surface area contributed by atoms with Gasteiger partial charge in [-0.2, -0.15) is 0 Å². The molecule has 1 N–H and O–H groups in total. The van der Waals surface area contributed by atoms with Gasteiger partial charge in [-0.3, -0.25) is 0 Å². The van der Waals surface area contributed by atoms with Crippen molar-refractivity contribution in [3.63, 3.8) is 0 Å². The highest BCUT2D eigenvalue weighted by Gasteiger charge is 2.39. The maximum Gasteiger partial charge on any atom is 0.341 e. The van der Waals surface area contributed by atoms with Crippen LogP contribution < -0.4 is 5.32 Å². The highest BCUT2D eigenvalue weighted by atomic mass is 16.5. The van der Waals surface area contributed by atoms with E-state index in [1.165, 1.54) is 25.7 Å². The minimum Gasteiger partial charge on any atom is -0.462 e. The Morgan fingerprint density at radius 1 is 1.41 bits per heavy atom. The van der Waals surface area contributed by atoms with Crippen LogP contribution in [0.25, 0.3) is 0 Å². The van der Waals surface area contributed by atoms with E-state index in [0.717, 1.165) is 17.5 Å². The molecule has 2 saturated carbocycles. The fourth-order valence-electron chi connectivity index (χ4n) is 3.86. The second kappa shape index (κ2) is 6.23. The number of carbonyl (C=O) groups excluding carboxylic acids is 1. The summed E-state index contributed by atoms with van der Waals surface area (Å²) in [7, 11) is 0. The second-order valence-electron chi connectivity index (χ2n) is 6.79. The molecule has 3 atom stereocenters. The number of fused-ring (bicyclic) bond motifs is 2. The number of anilines is 1. The average molecular weight is 303 g/mol. The molecule has 120 valence electrons. The van der Waals surface area contributed by atoms with Crippen molar-refractivity contribution in [2.45, 2.75) is 58.4 Å². The first-order valence-corrected chi connectivity index (χ1v) is 8.39. The van der Waals surface area contributed by atoms with Crippen LogP contribution in [0.4, 0.5) is 5.95 Å². The molecule has 0 aromatic carbocycles. The van der Waals surface area contributed by atoms with Crippen molar-refractivity contribution in [2.24, 2.45) is 11.8 Å². The number of rotatable bonds is 5. The standard InChI is InChI=1S/C17H25N3O2/c1-4-22-16(21)13-9-18-17(20-15(13)10(2)3)19-14-8-11-5-6-12(14)7-11/h9-12,14H,4-8H2,1-3H3,(H,18,19,20)/t11-,12+,14-/m1/s1. The number of nitrogens with one attached hydrogen (secondary N) is 1. The molecule has 0 amide bonds. The molecule has 1 aromatic heterocycles. The van der Waals surface area contributed by atoms with Gasteiger partial charge in [0.05, 0.1) is 17.9 Å². The summed E-state index contributed by atoms with van der Waals surface area (Å²) in [5.74, 6) is 2.11. The van der Waals surface area contributed by atoms with E-state index >= 15 is 0 Å². The topological polar surface area (TPSA) is 64.1 Å². The quantitative estimate of drug-likeness (QED) is 0.845. The molecule has 2 fully saturated rings. The summed E-state index contributed by atoms with van der Waals surface area (Å²) < 4.78 is 5.09. The molecule has 3 rings (SSSR count). The number of hydrogen-bond acceptors (Lipinski definition) is 5. The van der Waals surface area contributed by atoms with E-state index in [-0.39, 0.29) is 11.9 Å². The first-order valence-electron chi connectivity index (χ1n) is 8.39. The first-order chi connectivity index (χ1) is 10.6. The van der Waals surface area contributed by atoms with Crippen LogP contribution in [0, 0.1) is 11.8 Å². The normalized spacial score (nSPS) is 26.5. The van der Waals surface area contributed by atoms with E-state index < -0.39 is 0 Å². The van der Waals surface area contributed by atoms with Gasteiger partial charge >= 0.3 is 5.97 Å². The van der Waals surface area contributed by atoms with Crippen LogP contribution >= 0.6 is 0 Å². The molecule has 0 aliphatic heterocycles. The molecule has 0 unspecified atom stereocenters. The monoisotopic (exact) mass is 303 g/mol. The minimum atomic E-state index is -0.335. The number of carbonyl (C=O) groups is 1. The Balaban J connectivity index is 1.78. The van der Waals surface area contributed by atoms with Gasteiger partial charge in [-0.15, -0.1) is 0 Å². The molecule has 1 aromatic rings. The highest BCUT2D eigenvalue weighted by Crippen LogP contribution is 2.45. The molecule has 5 nitrogen and oxygen atoms in total. The molecule has 0 saturated heterocycles. The van der Waals surface area contributed by atoms with E-state index in [1.54, 1.807) is 13.1 Å². The van der Waals surface area contributed by atoms with Gasteiger partial charge in [-0.1, -0.05) is 20.3 Å². The Morgan fingerprint density at radius 2 is 2.23 bits per heavy atom. The molecule has 0 radical (unpaired) electrons. The van der Waals surface area contributed by atoms with E-state index in [1.807, 2.05) is 13.8 Å². The minimum absolute atomic E-state index is 0.156. The van der Waals surface area contributed by atoms with Crippen LogP contribution in [0.3, 0.4) is 0 Å². The number of hydrogen-bond donors (Lipinski definition) is 1. The summed E-state index contributed by atoms with van der Waals surface area (Å²) in [5, 5.41) is 3.49. The Bertz CT molecular complexity index is 559. The van der Waals surface area contributed by atoms with Crippen LogP contribution in [0.1, 0.15) is 68.4 Å². The lowest BCUT2D eigenvalue weighted by Crippen LogP contribution is -2.27. The fraction of sp³-hybridized carbons (Fsp3) is 0.706. The third-order valence-electron chi connectivity index (χ3n) is 4.91. The molecule has 22 heavy (non-hydrogen) atoms. The lowest BCUT2D eigenvalue weighted by atomic mass is 9.95. The Hall–Kier alpha value is -1.65. The molecule has 2 bridgehead atoms. The third-order valence-corrected chi connectivity index (χ3v) is 4.91. The molecule has 0 spiro atoms. The van der Waals surface area contributed by atoms with Crippen LogP contribution in [0.5, 0.6) is 0 Å². The van der Waals surface area contributed by atoms with E-state index in [9.17, 15) is 4.79 Å². The van der Waals surface area contributed by atoms with Gasteiger partial charge in [0, 0.05) is 12.2 Å². The van der Waals surface area contributed by atoms with Gasteiger partial charge in [0.2, 0.25) is 5.95 Å². The first kappa shape index (κ1) is 15.3. The predicted octanol–water partition coefficient (Wildman–Crippen LogP) is 3.38. The Morgan fingerprint density at radius 3 is 2.82 bits per heavy atom. The SMILES string of the molecule is CCOC(=O)c1cnc(N[C@@H]2C[C@@H]3CC[C@H]2C3)nc1C(C)C. The average Bonchev–Trinajstić information content (AvgIpc) is 3.10. The van der Waals surface area contributed by atoms with Gasteiger partial charge in [-0.05, 0) is 43.9 Å². The number of ether oxygens (including phenoxy) is 1. The summed E-state index contributed by atoms with van der Waals surface area (Å²) in [5.41, 5.74) is 1.24. The zero-order chi connectivity index (χ0) is 15.7. The van der Waals surface area contributed by atoms with Crippen molar-refractivity contribution in [1.82, 2.24) is 9.97 Å². The molecule has 2 aliphatic rings. The molecule has 2 aliphatic carbocycles.